The number of benzene rings is 1. The number of aromatic amines is 1. The van der Waals surface area contributed by atoms with Gasteiger partial charge in [0.1, 0.15) is 0 Å². The summed E-state index contributed by atoms with van der Waals surface area (Å²) < 4.78 is 0. The van der Waals surface area contributed by atoms with Crippen molar-refractivity contribution >= 4 is 10.9 Å². The first-order valence-electron chi connectivity index (χ1n) is 4.74. The first-order valence-corrected chi connectivity index (χ1v) is 4.74. The van der Waals surface area contributed by atoms with Gasteiger partial charge < -0.3 is 4.98 Å². The summed E-state index contributed by atoms with van der Waals surface area (Å²) in [5.41, 5.74) is 2.25. The predicted octanol–water partition coefficient (Wildman–Crippen LogP) is 1.71. The number of aryl methyl sites for hydroxylation is 1. The third-order valence-corrected chi connectivity index (χ3v) is 2.23. The summed E-state index contributed by atoms with van der Waals surface area (Å²) in [4.78, 5) is 14.8. The van der Waals surface area contributed by atoms with Gasteiger partial charge in [0.05, 0.1) is 0 Å². The molecule has 0 aliphatic heterocycles. The van der Waals surface area contributed by atoms with Crippen LogP contribution in [-0.4, -0.2) is 4.98 Å². The summed E-state index contributed by atoms with van der Waals surface area (Å²) in [6.45, 7) is 1.84. The molecule has 76 valence electrons. The van der Waals surface area contributed by atoms with Gasteiger partial charge in [-0.15, -0.1) is 0 Å². The molecule has 2 rings (SSSR count). The molecule has 0 saturated carbocycles. The average Bonchev–Trinajstić information content (AvgIpc) is 2.26. The standard InChI is InChI=1S/C13H8N2O/c1-9-7-13(16)11-8-10(3-2-6-14)4-5-12(11)15-9/h4-5,7-8H,1H3,(H,15,16). The Labute approximate surface area is 92.3 Å². The quantitative estimate of drug-likeness (QED) is 0.670. The van der Waals surface area contributed by atoms with E-state index in [-0.39, 0.29) is 5.43 Å². The molecule has 2 aromatic rings. The van der Waals surface area contributed by atoms with Gasteiger partial charge in [-0.2, -0.15) is 5.26 Å². The molecule has 0 unspecified atom stereocenters. The number of H-pyrrole nitrogens is 1. The van der Waals surface area contributed by atoms with Gasteiger partial charge in [-0.05, 0) is 25.1 Å². The molecular formula is C13H8N2O. The van der Waals surface area contributed by atoms with E-state index in [1.54, 1.807) is 30.3 Å². The third-order valence-electron chi connectivity index (χ3n) is 2.23. The van der Waals surface area contributed by atoms with Crippen molar-refractivity contribution in [1.82, 2.24) is 4.98 Å². The predicted molar refractivity (Wildman–Crippen MR) is 61.8 cm³/mol. The summed E-state index contributed by atoms with van der Waals surface area (Å²) >= 11 is 0. The maximum absolute atomic E-state index is 11.7. The molecule has 0 spiro atoms. The lowest BCUT2D eigenvalue weighted by molar-refractivity contribution is 1.24. The lowest BCUT2D eigenvalue weighted by Gasteiger charge is -2.00. The van der Waals surface area contributed by atoms with Crippen molar-refractivity contribution in [3.8, 4) is 17.9 Å². The zero-order valence-electron chi connectivity index (χ0n) is 8.66. The molecule has 0 fully saturated rings. The molecule has 0 saturated heterocycles. The highest BCUT2D eigenvalue weighted by Gasteiger charge is 2.00. The maximum atomic E-state index is 11.7. The van der Waals surface area contributed by atoms with Gasteiger partial charge in [-0.3, -0.25) is 4.79 Å². The highest BCUT2D eigenvalue weighted by atomic mass is 16.1. The van der Waals surface area contributed by atoms with E-state index in [9.17, 15) is 4.79 Å². The molecule has 0 bridgehead atoms. The van der Waals surface area contributed by atoms with Crippen LogP contribution in [0.5, 0.6) is 0 Å². The van der Waals surface area contributed by atoms with Crippen LogP contribution in [0, 0.1) is 30.1 Å². The number of hydrogen-bond donors (Lipinski definition) is 1. The minimum atomic E-state index is -0.0353. The van der Waals surface area contributed by atoms with E-state index >= 15 is 0 Å². The van der Waals surface area contributed by atoms with Crippen molar-refractivity contribution in [3.63, 3.8) is 0 Å². The zero-order chi connectivity index (χ0) is 11.5. The number of pyridine rings is 1. The fraction of sp³-hybridized carbons (Fsp3) is 0.0769. The smallest absolute Gasteiger partial charge is 0.189 e. The van der Waals surface area contributed by atoms with Crippen LogP contribution in [0.25, 0.3) is 10.9 Å². The molecule has 1 aromatic heterocycles. The van der Waals surface area contributed by atoms with Crippen LogP contribution in [0.2, 0.25) is 0 Å². The lowest BCUT2D eigenvalue weighted by Crippen LogP contribution is -2.02. The van der Waals surface area contributed by atoms with Crippen molar-refractivity contribution < 1.29 is 0 Å². The molecule has 0 aliphatic rings. The molecule has 3 nitrogen and oxygen atoms in total. The van der Waals surface area contributed by atoms with Crippen LogP contribution in [0.4, 0.5) is 0 Å². The Bertz CT molecular complexity index is 709. The summed E-state index contributed by atoms with van der Waals surface area (Å²) in [5, 5.41) is 8.93. The maximum Gasteiger partial charge on any atom is 0.189 e. The van der Waals surface area contributed by atoms with Crippen LogP contribution < -0.4 is 5.43 Å². The summed E-state index contributed by atoms with van der Waals surface area (Å²) in [5.74, 6) is 4.97. The summed E-state index contributed by atoms with van der Waals surface area (Å²) in [7, 11) is 0. The highest BCUT2D eigenvalue weighted by molar-refractivity contribution is 5.80. The van der Waals surface area contributed by atoms with Gasteiger partial charge in [0.15, 0.2) is 11.5 Å². The van der Waals surface area contributed by atoms with E-state index in [1.165, 1.54) is 0 Å². The second kappa shape index (κ2) is 3.92. The summed E-state index contributed by atoms with van der Waals surface area (Å²) in [6.07, 6.45) is 0. The molecule has 0 atom stereocenters. The van der Waals surface area contributed by atoms with Crippen LogP contribution in [0.15, 0.2) is 29.1 Å². The number of nitrogens with zero attached hydrogens (tertiary/aromatic N) is 1. The van der Waals surface area contributed by atoms with E-state index in [2.05, 4.69) is 16.8 Å². The van der Waals surface area contributed by atoms with E-state index in [0.29, 0.717) is 10.9 Å². The van der Waals surface area contributed by atoms with Gasteiger partial charge in [0, 0.05) is 34.1 Å². The minimum Gasteiger partial charge on any atom is -0.358 e. The molecular weight excluding hydrogens is 200 g/mol. The molecule has 0 aliphatic carbocycles. The normalized spacial score (nSPS) is 9.25. The minimum absolute atomic E-state index is 0.0353. The monoisotopic (exact) mass is 208 g/mol. The van der Waals surface area contributed by atoms with E-state index < -0.39 is 0 Å². The van der Waals surface area contributed by atoms with E-state index in [4.69, 9.17) is 5.26 Å². The van der Waals surface area contributed by atoms with E-state index in [1.807, 2.05) is 6.92 Å². The van der Waals surface area contributed by atoms with Crippen molar-refractivity contribution in [2.45, 2.75) is 6.92 Å². The zero-order valence-corrected chi connectivity index (χ0v) is 8.66. The van der Waals surface area contributed by atoms with Crippen LogP contribution in [0.1, 0.15) is 11.3 Å². The van der Waals surface area contributed by atoms with Gasteiger partial charge in [0.25, 0.3) is 0 Å². The largest absolute Gasteiger partial charge is 0.358 e. The van der Waals surface area contributed by atoms with Crippen LogP contribution >= 0.6 is 0 Å². The van der Waals surface area contributed by atoms with Crippen LogP contribution in [-0.2, 0) is 0 Å². The van der Waals surface area contributed by atoms with Gasteiger partial charge in [-0.1, -0.05) is 5.92 Å². The van der Waals surface area contributed by atoms with Crippen molar-refractivity contribution in [2.24, 2.45) is 0 Å². The SMILES string of the molecule is Cc1cc(=O)c2cc(C#CC#N)ccc2[nH]1. The fourth-order valence-electron chi connectivity index (χ4n) is 1.56. The van der Waals surface area contributed by atoms with Gasteiger partial charge in [0.2, 0.25) is 0 Å². The molecule has 0 amide bonds. The fourth-order valence-corrected chi connectivity index (χ4v) is 1.56. The van der Waals surface area contributed by atoms with Crippen LogP contribution in [0.3, 0.4) is 0 Å². The van der Waals surface area contributed by atoms with Gasteiger partial charge in [-0.25, -0.2) is 0 Å². The molecule has 0 radical (unpaired) electrons. The topological polar surface area (TPSA) is 56.6 Å². The second-order valence-corrected chi connectivity index (χ2v) is 3.44. The second-order valence-electron chi connectivity index (χ2n) is 3.44. The van der Waals surface area contributed by atoms with Gasteiger partial charge >= 0.3 is 0 Å². The number of fused-ring (bicyclic) bond motifs is 1. The molecule has 1 aromatic carbocycles. The number of nitriles is 1. The Hall–Kier alpha value is -2.52. The third kappa shape index (κ3) is 1.80. The Balaban J connectivity index is 2.73. The number of aromatic nitrogens is 1. The van der Waals surface area contributed by atoms with E-state index in [0.717, 1.165) is 11.2 Å². The Kier molecular flexibility index (Phi) is 2.45. The number of nitrogens with one attached hydrogen (secondary N) is 1. The first-order chi connectivity index (χ1) is 7.70. The lowest BCUT2D eigenvalue weighted by atomic mass is 10.1. The van der Waals surface area contributed by atoms with Crippen molar-refractivity contribution in [1.29, 1.82) is 5.26 Å². The van der Waals surface area contributed by atoms with Crippen molar-refractivity contribution in [3.05, 3.63) is 45.7 Å². The van der Waals surface area contributed by atoms with Crippen molar-refractivity contribution in [2.75, 3.05) is 0 Å². The molecule has 1 N–H and O–H groups in total. The Morgan fingerprint density at radius 3 is 2.88 bits per heavy atom. The molecule has 1 heterocycles. The number of hydrogen-bond acceptors (Lipinski definition) is 2. The number of rotatable bonds is 0. The first kappa shape index (κ1) is 10.0. The average molecular weight is 208 g/mol. The molecule has 3 heteroatoms. The highest BCUT2D eigenvalue weighted by Crippen LogP contribution is 2.10. The summed E-state index contributed by atoms with van der Waals surface area (Å²) in [6, 6.07) is 8.56. The Morgan fingerprint density at radius 2 is 2.12 bits per heavy atom. The molecule has 16 heavy (non-hydrogen) atoms. The Morgan fingerprint density at radius 1 is 1.31 bits per heavy atom.